The van der Waals surface area contributed by atoms with Crippen molar-refractivity contribution in [2.24, 2.45) is 5.41 Å². The van der Waals surface area contributed by atoms with E-state index in [0.717, 1.165) is 30.6 Å². The van der Waals surface area contributed by atoms with Crippen LogP contribution in [0.4, 0.5) is 0 Å². The van der Waals surface area contributed by atoms with Crippen LogP contribution in [-0.4, -0.2) is 29.5 Å². The predicted molar refractivity (Wildman–Crippen MR) is 125 cm³/mol. The predicted octanol–water partition coefficient (Wildman–Crippen LogP) is 5.95. The molecule has 2 N–H and O–H groups in total. The highest BCUT2D eigenvalue weighted by atomic mass is 16.5. The highest BCUT2D eigenvalue weighted by Gasteiger charge is 2.22. The monoisotopic (exact) mass is 412 g/mol. The van der Waals surface area contributed by atoms with Gasteiger partial charge in [-0.15, -0.1) is 0 Å². The fourth-order valence-electron chi connectivity index (χ4n) is 3.90. The summed E-state index contributed by atoms with van der Waals surface area (Å²) in [4.78, 5) is 0. The fraction of sp³-hybridized carbons (Fsp3) is 0.556. The summed E-state index contributed by atoms with van der Waals surface area (Å²) in [6.45, 7) is 13.4. The van der Waals surface area contributed by atoms with Crippen LogP contribution < -0.4 is 4.74 Å². The molecular weight excluding hydrogens is 372 g/mol. The Morgan fingerprint density at radius 3 is 2.13 bits per heavy atom. The minimum Gasteiger partial charge on any atom is -0.493 e. The lowest BCUT2D eigenvalue weighted by Crippen LogP contribution is -2.26. The van der Waals surface area contributed by atoms with Gasteiger partial charge in [0.15, 0.2) is 0 Å². The van der Waals surface area contributed by atoms with Crippen LogP contribution in [0, 0.1) is 19.3 Å². The van der Waals surface area contributed by atoms with Crippen molar-refractivity contribution >= 4 is 0 Å². The number of aryl methyl sites for hydroxylation is 3. The highest BCUT2D eigenvalue weighted by Crippen LogP contribution is 2.32. The smallest absolute Gasteiger partial charge is 0.122 e. The SMILES string of the molecule is CCC(c1ccc(CCC(O)C(C)(C)C)c(C)c1)c1ccc(OCCCO)c(C)c1. The molecule has 0 aromatic heterocycles. The number of benzene rings is 2. The van der Waals surface area contributed by atoms with Crippen LogP contribution in [0.25, 0.3) is 0 Å². The second kappa shape index (κ2) is 11.0. The van der Waals surface area contributed by atoms with Crippen LogP contribution in [0.5, 0.6) is 5.75 Å². The van der Waals surface area contributed by atoms with Crippen molar-refractivity contribution in [3.05, 3.63) is 64.2 Å². The van der Waals surface area contributed by atoms with Gasteiger partial charge in [-0.2, -0.15) is 0 Å². The van der Waals surface area contributed by atoms with E-state index in [1.54, 1.807) is 0 Å². The summed E-state index contributed by atoms with van der Waals surface area (Å²) >= 11 is 0. The Balaban J connectivity index is 2.15. The standard InChI is InChI=1S/C27H40O3/c1-7-24(23-11-13-25(20(3)18-23)30-16-8-15-28)22-10-9-21(19(2)17-22)12-14-26(29)27(4,5)6/h9-11,13,17-18,24,26,28-29H,7-8,12,14-16H2,1-6H3. The molecule has 0 radical (unpaired) electrons. The number of aliphatic hydroxyl groups is 2. The molecule has 2 aromatic rings. The fourth-order valence-corrected chi connectivity index (χ4v) is 3.90. The first-order valence-electron chi connectivity index (χ1n) is 11.3. The summed E-state index contributed by atoms with van der Waals surface area (Å²) in [6, 6.07) is 13.3. The Morgan fingerprint density at radius 1 is 0.967 bits per heavy atom. The Bertz CT molecular complexity index is 804. The molecule has 2 aromatic carbocycles. The van der Waals surface area contributed by atoms with E-state index in [9.17, 15) is 5.11 Å². The Morgan fingerprint density at radius 2 is 1.60 bits per heavy atom. The van der Waals surface area contributed by atoms with Gasteiger partial charge in [0.2, 0.25) is 0 Å². The van der Waals surface area contributed by atoms with Gasteiger partial charge in [0, 0.05) is 18.9 Å². The van der Waals surface area contributed by atoms with Gasteiger partial charge < -0.3 is 14.9 Å². The van der Waals surface area contributed by atoms with Crippen molar-refractivity contribution in [2.45, 2.75) is 79.2 Å². The number of hydrogen-bond donors (Lipinski definition) is 2. The molecule has 3 nitrogen and oxygen atoms in total. The van der Waals surface area contributed by atoms with E-state index in [2.05, 4.69) is 77.9 Å². The van der Waals surface area contributed by atoms with Crippen LogP contribution in [0.15, 0.2) is 36.4 Å². The van der Waals surface area contributed by atoms with Crippen molar-refractivity contribution in [2.75, 3.05) is 13.2 Å². The number of hydrogen-bond acceptors (Lipinski definition) is 3. The molecule has 166 valence electrons. The van der Waals surface area contributed by atoms with Crippen LogP contribution in [-0.2, 0) is 6.42 Å². The van der Waals surface area contributed by atoms with Gasteiger partial charge in [0.25, 0.3) is 0 Å². The van der Waals surface area contributed by atoms with E-state index in [1.165, 1.54) is 22.3 Å². The molecule has 30 heavy (non-hydrogen) atoms. The van der Waals surface area contributed by atoms with Gasteiger partial charge in [0.05, 0.1) is 12.7 Å². The van der Waals surface area contributed by atoms with Gasteiger partial charge in [-0.25, -0.2) is 0 Å². The maximum absolute atomic E-state index is 10.4. The van der Waals surface area contributed by atoms with Gasteiger partial charge in [-0.3, -0.25) is 0 Å². The van der Waals surface area contributed by atoms with Gasteiger partial charge in [-0.1, -0.05) is 58.0 Å². The zero-order chi connectivity index (χ0) is 22.3. The van der Waals surface area contributed by atoms with E-state index in [0.29, 0.717) is 18.9 Å². The molecule has 0 aliphatic rings. The van der Waals surface area contributed by atoms with E-state index in [1.807, 2.05) is 0 Å². The van der Waals surface area contributed by atoms with Crippen LogP contribution in [0.3, 0.4) is 0 Å². The van der Waals surface area contributed by atoms with E-state index in [4.69, 9.17) is 9.84 Å². The molecule has 0 saturated heterocycles. The lowest BCUT2D eigenvalue weighted by atomic mass is 9.84. The average Bonchev–Trinajstić information content (AvgIpc) is 2.68. The molecule has 0 saturated carbocycles. The largest absolute Gasteiger partial charge is 0.493 e. The number of aliphatic hydroxyl groups excluding tert-OH is 2. The molecule has 0 fully saturated rings. The van der Waals surface area contributed by atoms with Crippen molar-refractivity contribution in [3.63, 3.8) is 0 Å². The first kappa shape index (κ1) is 24.4. The molecule has 2 rings (SSSR count). The molecule has 2 atom stereocenters. The molecule has 0 amide bonds. The summed E-state index contributed by atoms with van der Waals surface area (Å²) in [5, 5.41) is 19.3. The summed E-state index contributed by atoms with van der Waals surface area (Å²) in [5.74, 6) is 1.24. The molecule has 0 spiro atoms. The molecular formula is C27H40O3. The van der Waals surface area contributed by atoms with Crippen LogP contribution >= 0.6 is 0 Å². The van der Waals surface area contributed by atoms with E-state index >= 15 is 0 Å². The number of ether oxygens (including phenoxy) is 1. The summed E-state index contributed by atoms with van der Waals surface area (Å²) < 4.78 is 5.78. The van der Waals surface area contributed by atoms with E-state index < -0.39 is 0 Å². The van der Waals surface area contributed by atoms with Crippen molar-refractivity contribution in [3.8, 4) is 5.75 Å². The molecule has 0 aliphatic heterocycles. The molecule has 0 aliphatic carbocycles. The third-order valence-corrected chi connectivity index (χ3v) is 6.03. The highest BCUT2D eigenvalue weighted by molar-refractivity contribution is 5.43. The van der Waals surface area contributed by atoms with Gasteiger partial charge in [0.1, 0.15) is 5.75 Å². The van der Waals surface area contributed by atoms with Crippen LogP contribution in [0.2, 0.25) is 0 Å². The minimum absolute atomic E-state index is 0.0764. The summed E-state index contributed by atoms with van der Waals surface area (Å²) in [5.41, 5.74) is 6.32. The molecule has 0 bridgehead atoms. The Hall–Kier alpha value is -1.84. The van der Waals surface area contributed by atoms with Crippen molar-refractivity contribution in [1.82, 2.24) is 0 Å². The van der Waals surface area contributed by atoms with Gasteiger partial charge >= 0.3 is 0 Å². The minimum atomic E-state index is -0.291. The Kier molecular flexibility index (Phi) is 8.93. The zero-order valence-electron chi connectivity index (χ0n) is 19.7. The average molecular weight is 413 g/mol. The zero-order valence-corrected chi connectivity index (χ0v) is 19.7. The second-order valence-electron chi connectivity index (χ2n) is 9.52. The quantitative estimate of drug-likeness (QED) is 0.474. The molecule has 2 unspecified atom stereocenters. The lowest BCUT2D eigenvalue weighted by Gasteiger charge is -2.26. The first-order chi connectivity index (χ1) is 14.2. The second-order valence-corrected chi connectivity index (χ2v) is 9.52. The van der Waals surface area contributed by atoms with Crippen molar-refractivity contribution < 1.29 is 14.9 Å². The molecule has 3 heteroatoms. The first-order valence-corrected chi connectivity index (χ1v) is 11.3. The Labute approximate surface area is 183 Å². The van der Waals surface area contributed by atoms with Crippen LogP contribution in [0.1, 0.15) is 80.7 Å². The lowest BCUT2D eigenvalue weighted by molar-refractivity contribution is 0.0560. The number of rotatable bonds is 10. The maximum Gasteiger partial charge on any atom is 0.122 e. The third-order valence-electron chi connectivity index (χ3n) is 6.03. The van der Waals surface area contributed by atoms with Crippen molar-refractivity contribution in [1.29, 1.82) is 0 Å². The topological polar surface area (TPSA) is 49.7 Å². The third kappa shape index (κ3) is 6.58. The normalized spacial score (nSPS) is 13.9. The maximum atomic E-state index is 10.4. The van der Waals surface area contributed by atoms with E-state index in [-0.39, 0.29) is 18.1 Å². The molecule has 0 heterocycles. The summed E-state index contributed by atoms with van der Waals surface area (Å²) in [6.07, 6.45) is 3.09. The summed E-state index contributed by atoms with van der Waals surface area (Å²) in [7, 11) is 0. The van der Waals surface area contributed by atoms with Gasteiger partial charge in [-0.05, 0) is 72.4 Å².